The van der Waals surface area contributed by atoms with Crippen molar-refractivity contribution in [3.05, 3.63) is 11.8 Å². The number of hydrogen-bond acceptors (Lipinski definition) is 1. The van der Waals surface area contributed by atoms with E-state index in [-0.39, 0.29) is 0 Å². The number of hydrogen-bond donors (Lipinski definition) is 0. The van der Waals surface area contributed by atoms with Crippen LogP contribution in [0.3, 0.4) is 0 Å². The molecular weight excluding hydrogens is 176 g/mol. The zero-order valence-electron chi connectivity index (χ0n) is 9.34. The topological polar surface area (TPSA) is 9.23 Å². The van der Waals surface area contributed by atoms with Gasteiger partial charge < -0.3 is 4.74 Å². The van der Waals surface area contributed by atoms with Gasteiger partial charge in [0.15, 0.2) is 0 Å². The van der Waals surface area contributed by atoms with E-state index in [4.69, 9.17) is 4.74 Å². The van der Waals surface area contributed by atoms with E-state index in [1.54, 1.807) is 0 Å². The lowest BCUT2D eigenvalue weighted by atomic mass is 10.1. The Balaban J connectivity index is 2.51. The number of rotatable bonds is 2. The molecule has 1 heterocycles. The first-order valence-corrected chi connectivity index (χ1v) is 8.40. The first-order valence-electron chi connectivity index (χ1n) is 5.43. The summed E-state index contributed by atoms with van der Waals surface area (Å²) in [4.78, 5) is 0. The number of allylic oxidation sites excluding steroid dienone is 2. The SMILES string of the molecule is CC(C)C=C1CC([SiH](C)C)CCO1. The summed E-state index contributed by atoms with van der Waals surface area (Å²) in [6.07, 6.45) is 4.78. The molecule has 0 bridgehead atoms. The molecule has 1 fully saturated rings. The van der Waals surface area contributed by atoms with Crippen LogP contribution in [0.25, 0.3) is 0 Å². The van der Waals surface area contributed by atoms with Crippen molar-refractivity contribution >= 4 is 8.80 Å². The summed E-state index contributed by atoms with van der Waals surface area (Å²) in [6.45, 7) is 10.3. The Kier molecular flexibility index (Phi) is 4.04. The zero-order chi connectivity index (χ0) is 9.84. The highest BCUT2D eigenvalue weighted by Gasteiger charge is 2.21. The van der Waals surface area contributed by atoms with Crippen LogP contribution in [0.1, 0.15) is 26.7 Å². The summed E-state index contributed by atoms with van der Waals surface area (Å²) in [7, 11) is -0.457. The smallest absolute Gasteiger partial charge is 0.0922 e. The van der Waals surface area contributed by atoms with E-state index in [0.717, 1.165) is 12.1 Å². The fourth-order valence-corrected chi connectivity index (χ4v) is 3.32. The summed E-state index contributed by atoms with van der Waals surface area (Å²) < 4.78 is 5.65. The molecule has 0 aromatic heterocycles. The predicted molar refractivity (Wildman–Crippen MR) is 60.7 cm³/mol. The van der Waals surface area contributed by atoms with Crippen molar-refractivity contribution in [3.63, 3.8) is 0 Å². The van der Waals surface area contributed by atoms with E-state index in [9.17, 15) is 0 Å². The molecule has 0 N–H and O–H groups in total. The van der Waals surface area contributed by atoms with Crippen LogP contribution < -0.4 is 0 Å². The molecule has 0 saturated carbocycles. The largest absolute Gasteiger partial charge is 0.498 e. The fourth-order valence-electron chi connectivity index (χ4n) is 1.82. The van der Waals surface area contributed by atoms with Gasteiger partial charge in [0, 0.05) is 15.2 Å². The van der Waals surface area contributed by atoms with Crippen molar-refractivity contribution in [2.75, 3.05) is 6.61 Å². The molecule has 1 saturated heterocycles. The molecule has 0 aromatic rings. The monoisotopic (exact) mass is 198 g/mol. The van der Waals surface area contributed by atoms with Gasteiger partial charge in [0.2, 0.25) is 0 Å². The molecule has 0 aromatic carbocycles. The lowest BCUT2D eigenvalue weighted by Gasteiger charge is -2.27. The van der Waals surface area contributed by atoms with E-state index in [0.29, 0.717) is 5.92 Å². The minimum absolute atomic E-state index is 0.457. The first-order chi connectivity index (χ1) is 6.09. The van der Waals surface area contributed by atoms with Gasteiger partial charge in [-0.15, -0.1) is 0 Å². The van der Waals surface area contributed by atoms with Gasteiger partial charge in [-0.25, -0.2) is 0 Å². The molecule has 1 aliphatic heterocycles. The molecule has 76 valence electrons. The minimum Gasteiger partial charge on any atom is -0.498 e. The molecule has 1 rings (SSSR count). The van der Waals surface area contributed by atoms with Crippen molar-refractivity contribution in [1.82, 2.24) is 0 Å². The standard InChI is InChI=1S/C11H22OSi/c1-9(2)7-10-8-11(13(3)4)5-6-12-10/h7,9,11,13H,5-6,8H2,1-4H3. The van der Waals surface area contributed by atoms with E-state index in [1.807, 2.05) is 0 Å². The van der Waals surface area contributed by atoms with E-state index in [1.165, 1.54) is 18.6 Å². The molecule has 2 heteroatoms. The molecule has 13 heavy (non-hydrogen) atoms. The van der Waals surface area contributed by atoms with Crippen LogP contribution in [-0.2, 0) is 4.74 Å². The third-order valence-corrected chi connectivity index (χ3v) is 5.16. The van der Waals surface area contributed by atoms with Crippen LogP contribution >= 0.6 is 0 Å². The zero-order valence-corrected chi connectivity index (χ0v) is 10.5. The highest BCUT2D eigenvalue weighted by Crippen LogP contribution is 2.30. The third kappa shape index (κ3) is 3.55. The average Bonchev–Trinajstić information content (AvgIpc) is 2.03. The molecule has 0 spiro atoms. The van der Waals surface area contributed by atoms with Crippen LogP contribution in [0.4, 0.5) is 0 Å². The summed E-state index contributed by atoms with van der Waals surface area (Å²) in [6, 6.07) is 0. The maximum absolute atomic E-state index is 5.65. The Hall–Kier alpha value is -0.243. The fraction of sp³-hybridized carbons (Fsp3) is 0.818. The quantitative estimate of drug-likeness (QED) is 0.619. The third-order valence-electron chi connectivity index (χ3n) is 2.70. The van der Waals surface area contributed by atoms with Gasteiger partial charge in [-0.2, -0.15) is 0 Å². The molecule has 0 radical (unpaired) electrons. The van der Waals surface area contributed by atoms with Gasteiger partial charge >= 0.3 is 0 Å². The summed E-state index contributed by atoms with van der Waals surface area (Å²) in [5.74, 6) is 1.88. The maximum Gasteiger partial charge on any atom is 0.0922 e. The van der Waals surface area contributed by atoms with Crippen LogP contribution in [0, 0.1) is 5.92 Å². The van der Waals surface area contributed by atoms with Crippen LogP contribution in [0.5, 0.6) is 0 Å². The Morgan fingerprint density at radius 2 is 2.15 bits per heavy atom. The lowest BCUT2D eigenvalue weighted by molar-refractivity contribution is 0.163. The van der Waals surface area contributed by atoms with Crippen molar-refractivity contribution in [2.24, 2.45) is 5.92 Å². The van der Waals surface area contributed by atoms with Crippen molar-refractivity contribution in [2.45, 2.75) is 45.3 Å². The molecule has 1 nitrogen and oxygen atoms in total. The second-order valence-electron chi connectivity index (χ2n) is 4.72. The van der Waals surface area contributed by atoms with Crippen LogP contribution in [0.2, 0.25) is 18.6 Å². The molecule has 1 aliphatic rings. The molecule has 1 unspecified atom stereocenters. The van der Waals surface area contributed by atoms with Crippen LogP contribution in [-0.4, -0.2) is 15.4 Å². The second-order valence-corrected chi connectivity index (χ2v) is 8.15. The van der Waals surface area contributed by atoms with Crippen LogP contribution in [0.15, 0.2) is 11.8 Å². The predicted octanol–water partition coefficient (Wildman–Crippen LogP) is 3.19. The highest BCUT2D eigenvalue weighted by atomic mass is 28.3. The van der Waals surface area contributed by atoms with Gasteiger partial charge in [0.25, 0.3) is 0 Å². The van der Waals surface area contributed by atoms with Gasteiger partial charge in [-0.05, 0) is 24.0 Å². The molecular formula is C11H22OSi. The van der Waals surface area contributed by atoms with Crippen molar-refractivity contribution in [3.8, 4) is 0 Å². The van der Waals surface area contributed by atoms with Gasteiger partial charge in [0.1, 0.15) is 0 Å². The molecule has 0 amide bonds. The lowest BCUT2D eigenvalue weighted by Crippen LogP contribution is -2.20. The Bertz CT molecular complexity index is 185. The Morgan fingerprint density at radius 1 is 1.46 bits per heavy atom. The number of ether oxygens (including phenoxy) is 1. The maximum atomic E-state index is 5.65. The van der Waals surface area contributed by atoms with Crippen molar-refractivity contribution in [1.29, 1.82) is 0 Å². The average molecular weight is 198 g/mol. The Morgan fingerprint density at radius 3 is 2.69 bits per heavy atom. The Labute approximate surface area is 83.8 Å². The molecule has 0 aliphatic carbocycles. The minimum atomic E-state index is -0.457. The first kappa shape index (κ1) is 10.8. The summed E-state index contributed by atoms with van der Waals surface area (Å²) >= 11 is 0. The molecule has 1 atom stereocenters. The van der Waals surface area contributed by atoms with E-state index in [2.05, 4.69) is 33.0 Å². The highest BCUT2D eigenvalue weighted by molar-refractivity contribution is 6.57. The van der Waals surface area contributed by atoms with E-state index < -0.39 is 8.80 Å². The van der Waals surface area contributed by atoms with Gasteiger partial charge in [-0.3, -0.25) is 0 Å². The van der Waals surface area contributed by atoms with E-state index >= 15 is 0 Å². The summed E-state index contributed by atoms with van der Waals surface area (Å²) in [5.41, 5.74) is 0.971. The second kappa shape index (κ2) is 4.84. The normalized spacial score (nSPS) is 26.9. The van der Waals surface area contributed by atoms with Crippen molar-refractivity contribution < 1.29 is 4.74 Å². The summed E-state index contributed by atoms with van der Waals surface area (Å²) in [5, 5.41) is 0. The van der Waals surface area contributed by atoms with Gasteiger partial charge in [0.05, 0.1) is 12.4 Å². The van der Waals surface area contributed by atoms with Gasteiger partial charge in [-0.1, -0.05) is 26.9 Å².